The van der Waals surface area contributed by atoms with Crippen LogP contribution in [0.15, 0.2) is 24.4 Å². The Bertz CT molecular complexity index is 751. The molecule has 0 aliphatic carbocycles. The van der Waals surface area contributed by atoms with Crippen molar-refractivity contribution < 1.29 is 4.74 Å². The predicted molar refractivity (Wildman–Crippen MR) is 72.5 cm³/mol. The molecule has 3 rings (SSSR count). The molecule has 96 valence electrons. The minimum atomic E-state index is 0.138. The fraction of sp³-hybridized carbons (Fsp3) is 0.0833. The van der Waals surface area contributed by atoms with Gasteiger partial charge in [0.1, 0.15) is 17.3 Å². The number of nitrogens with zero attached hydrogens (tertiary/aromatic N) is 3. The van der Waals surface area contributed by atoms with Gasteiger partial charge in [0, 0.05) is 11.6 Å². The molecule has 2 heterocycles. The monoisotopic (exact) mass is 256 g/mol. The van der Waals surface area contributed by atoms with Crippen molar-refractivity contribution in [2.45, 2.75) is 0 Å². The number of nitrogens with two attached hydrogens (primary N) is 2. The first-order valence-electron chi connectivity index (χ1n) is 5.59. The molecule has 0 fully saturated rings. The molecule has 0 amide bonds. The molecule has 0 radical (unpaired) electrons. The lowest BCUT2D eigenvalue weighted by atomic mass is 10.1. The molecule has 7 heteroatoms. The Balaban J connectivity index is 2.24. The van der Waals surface area contributed by atoms with Crippen molar-refractivity contribution in [3.8, 4) is 17.0 Å². The van der Waals surface area contributed by atoms with Gasteiger partial charge >= 0.3 is 0 Å². The number of rotatable bonds is 2. The zero-order valence-corrected chi connectivity index (χ0v) is 10.2. The summed E-state index contributed by atoms with van der Waals surface area (Å²) >= 11 is 0. The van der Waals surface area contributed by atoms with E-state index in [1.54, 1.807) is 13.3 Å². The van der Waals surface area contributed by atoms with Crippen LogP contribution in [0.25, 0.3) is 22.2 Å². The van der Waals surface area contributed by atoms with Crippen molar-refractivity contribution in [2.75, 3.05) is 18.6 Å². The molecule has 0 aliphatic rings. The maximum atomic E-state index is 5.86. The minimum absolute atomic E-state index is 0.138. The summed E-state index contributed by atoms with van der Waals surface area (Å²) in [6.45, 7) is 0. The zero-order valence-electron chi connectivity index (χ0n) is 10.2. The molecule has 2 aromatic heterocycles. The van der Waals surface area contributed by atoms with Crippen molar-refractivity contribution in [1.82, 2.24) is 20.2 Å². The van der Waals surface area contributed by atoms with Crippen molar-refractivity contribution in [1.29, 1.82) is 0 Å². The Morgan fingerprint density at radius 3 is 2.84 bits per heavy atom. The van der Waals surface area contributed by atoms with Crippen molar-refractivity contribution >= 4 is 22.7 Å². The van der Waals surface area contributed by atoms with E-state index in [-0.39, 0.29) is 5.95 Å². The second-order valence-corrected chi connectivity index (χ2v) is 4.01. The number of nitrogens with one attached hydrogen (secondary N) is 1. The number of methoxy groups -OCH3 is 1. The molecule has 19 heavy (non-hydrogen) atoms. The molecule has 0 spiro atoms. The number of hydrogen-bond acceptors (Lipinski definition) is 6. The first kappa shape index (κ1) is 11.3. The quantitative estimate of drug-likeness (QED) is 0.634. The highest BCUT2D eigenvalue weighted by atomic mass is 16.5. The van der Waals surface area contributed by atoms with E-state index in [4.69, 9.17) is 16.2 Å². The molecule has 5 N–H and O–H groups in total. The van der Waals surface area contributed by atoms with Crippen LogP contribution in [0.1, 0.15) is 0 Å². The van der Waals surface area contributed by atoms with E-state index in [1.807, 2.05) is 18.2 Å². The number of ether oxygens (including phenoxy) is 1. The van der Waals surface area contributed by atoms with Crippen LogP contribution in [0.4, 0.5) is 11.8 Å². The van der Waals surface area contributed by atoms with Gasteiger partial charge in [-0.25, -0.2) is 4.98 Å². The van der Waals surface area contributed by atoms with Crippen LogP contribution >= 0.6 is 0 Å². The Morgan fingerprint density at radius 2 is 2.11 bits per heavy atom. The molecule has 0 aliphatic heterocycles. The third-order valence-corrected chi connectivity index (χ3v) is 2.86. The maximum absolute atomic E-state index is 5.86. The first-order chi connectivity index (χ1) is 9.19. The maximum Gasteiger partial charge on any atom is 0.221 e. The van der Waals surface area contributed by atoms with Gasteiger partial charge in [-0.3, -0.25) is 5.10 Å². The summed E-state index contributed by atoms with van der Waals surface area (Å²) in [5.41, 5.74) is 13.5. The molecule has 3 aromatic rings. The van der Waals surface area contributed by atoms with Crippen LogP contribution < -0.4 is 16.2 Å². The van der Waals surface area contributed by atoms with E-state index in [0.717, 1.165) is 16.7 Å². The molecule has 7 nitrogen and oxygen atoms in total. The fourth-order valence-electron chi connectivity index (χ4n) is 1.92. The van der Waals surface area contributed by atoms with Crippen LogP contribution in [0.5, 0.6) is 5.75 Å². The van der Waals surface area contributed by atoms with Gasteiger partial charge in [0.2, 0.25) is 5.95 Å². The van der Waals surface area contributed by atoms with Crippen molar-refractivity contribution in [2.24, 2.45) is 0 Å². The second kappa shape index (κ2) is 4.13. The third kappa shape index (κ3) is 1.81. The highest BCUT2D eigenvalue weighted by molar-refractivity contribution is 5.95. The highest BCUT2D eigenvalue weighted by Gasteiger charge is 2.13. The van der Waals surface area contributed by atoms with Gasteiger partial charge in [0.05, 0.1) is 18.2 Å². The van der Waals surface area contributed by atoms with Crippen LogP contribution in [0, 0.1) is 0 Å². The van der Waals surface area contributed by atoms with Gasteiger partial charge in [0.25, 0.3) is 0 Å². The number of anilines is 2. The van der Waals surface area contributed by atoms with Gasteiger partial charge < -0.3 is 16.2 Å². The summed E-state index contributed by atoms with van der Waals surface area (Å²) in [7, 11) is 1.61. The van der Waals surface area contributed by atoms with E-state index in [0.29, 0.717) is 17.1 Å². The Kier molecular flexibility index (Phi) is 2.45. The van der Waals surface area contributed by atoms with Gasteiger partial charge in [-0.2, -0.15) is 10.1 Å². The number of H-pyrrole nitrogens is 1. The van der Waals surface area contributed by atoms with E-state index >= 15 is 0 Å². The Labute approximate surface area is 108 Å². The SMILES string of the molecule is COc1ccc2[nH]nc(-c3cnc(N)nc3N)c2c1. The van der Waals surface area contributed by atoms with Gasteiger partial charge in [-0.1, -0.05) is 0 Å². The molecule has 1 aromatic carbocycles. The van der Waals surface area contributed by atoms with E-state index < -0.39 is 0 Å². The smallest absolute Gasteiger partial charge is 0.221 e. The number of benzene rings is 1. The summed E-state index contributed by atoms with van der Waals surface area (Å²) in [6, 6.07) is 5.62. The topological polar surface area (TPSA) is 116 Å². The van der Waals surface area contributed by atoms with Crippen LogP contribution in [0.3, 0.4) is 0 Å². The normalized spacial score (nSPS) is 10.8. The molecule has 0 saturated carbocycles. The minimum Gasteiger partial charge on any atom is -0.497 e. The number of aromatic nitrogens is 4. The number of aromatic amines is 1. The fourth-order valence-corrected chi connectivity index (χ4v) is 1.92. The average molecular weight is 256 g/mol. The summed E-state index contributed by atoms with van der Waals surface area (Å²) < 4.78 is 5.21. The molecule has 0 atom stereocenters. The summed E-state index contributed by atoms with van der Waals surface area (Å²) in [5, 5.41) is 8.07. The summed E-state index contributed by atoms with van der Waals surface area (Å²) in [4.78, 5) is 7.89. The molecule has 0 saturated heterocycles. The molecule has 0 bridgehead atoms. The van der Waals surface area contributed by atoms with Crippen LogP contribution in [0.2, 0.25) is 0 Å². The van der Waals surface area contributed by atoms with Crippen LogP contribution in [-0.2, 0) is 0 Å². The molecule has 0 unspecified atom stereocenters. The van der Waals surface area contributed by atoms with Crippen LogP contribution in [-0.4, -0.2) is 27.3 Å². The Morgan fingerprint density at radius 1 is 1.26 bits per heavy atom. The average Bonchev–Trinajstić information content (AvgIpc) is 2.81. The lowest BCUT2D eigenvalue weighted by molar-refractivity contribution is 0.415. The van der Waals surface area contributed by atoms with E-state index in [2.05, 4.69) is 20.2 Å². The number of nitrogen functional groups attached to an aromatic ring is 2. The largest absolute Gasteiger partial charge is 0.497 e. The lowest BCUT2D eigenvalue weighted by Gasteiger charge is -2.03. The van der Waals surface area contributed by atoms with Crippen molar-refractivity contribution in [3.05, 3.63) is 24.4 Å². The van der Waals surface area contributed by atoms with E-state index in [1.165, 1.54) is 0 Å². The van der Waals surface area contributed by atoms with Gasteiger partial charge in [-0.15, -0.1) is 0 Å². The first-order valence-corrected chi connectivity index (χ1v) is 5.59. The molecular formula is C12H12N6O. The lowest BCUT2D eigenvalue weighted by Crippen LogP contribution is -2.01. The standard InChI is InChI=1S/C12H12N6O/c1-19-6-2-3-9-7(4-6)10(18-17-9)8-5-15-12(14)16-11(8)13/h2-5H,1H3,(H,17,18)(H4,13,14,15,16). The van der Waals surface area contributed by atoms with Gasteiger partial charge in [-0.05, 0) is 18.2 Å². The Hall–Kier alpha value is -2.83. The summed E-state index contributed by atoms with van der Waals surface area (Å²) in [5.74, 6) is 1.17. The van der Waals surface area contributed by atoms with Gasteiger partial charge in [0.15, 0.2) is 0 Å². The predicted octanol–water partition coefficient (Wildman–Crippen LogP) is 1.19. The number of hydrogen-bond donors (Lipinski definition) is 3. The highest BCUT2D eigenvalue weighted by Crippen LogP contribution is 2.31. The molecular weight excluding hydrogens is 244 g/mol. The zero-order chi connectivity index (χ0) is 13.4. The van der Waals surface area contributed by atoms with E-state index in [9.17, 15) is 0 Å². The third-order valence-electron chi connectivity index (χ3n) is 2.86. The number of fused-ring (bicyclic) bond motifs is 1. The van der Waals surface area contributed by atoms with Crippen molar-refractivity contribution in [3.63, 3.8) is 0 Å². The summed E-state index contributed by atoms with van der Waals surface area (Å²) in [6.07, 6.45) is 1.56. The second-order valence-electron chi connectivity index (χ2n) is 4.01.